The summed E-state index contributed by atoms with van der Waals surface area (Å²) >= 11 is 0. The van der Waals surface area contributed by atoms with E-state index in [9.17, 15) is 4.79 Å². The van der Waals surface area contributed by atoms with Crippen molar-refractivity contribution in [2.24, 2.45) is 11.8 Å². The van der Waals surface area contributed by atoms with Gasteiger partial charge in [-0.3, -0.25) is 9.48 Å². The molecule has 1 aliphatic heterocycles. The lowest BCUT2D eigenvalue weighted by Crippen LogP contribution is -2.36. The molecule has 5 heteroatoms. The summed E-state index contributed by atoms with van der Waals surface area (Å²) in [6.07, 6.45) is 4.22. The molecule has 23 heavy (non-hydrogen) atoms. The number of hydrogen-bond donors (Lipinski definition) is 0. The van der Waals surface area contributed by atoms with Crippen LogP contribution in [0.3, 0.4) is 0 Å². The van der Waals surface area contributed by atoms with E-state index in [4.69, 9.17) is 0 Å². The normalized spacial score (nSPS) is 24.7. The van der Waals surface area contributed by atoms with Gasteiger partial charge in [-0.1, -0.05) is 0 Å². The lowest BCUT2D eigenvalue weighted by Gasteiger charge is -2.24. The molecule has 1 saturated carbocycles. The number of rotatable bonds is 6. The first kappa shape index (κ1) is 16.5. The van der Waals surface area contributed by atoms with Gasteiger partial charge in [-0.2, -0.15) is 5.10 Å². The first-order chi connectivity index (χ1) is 11.0. The molecule has 2 aliphatic rings. The predicted molar refractivity (Wildman–Crippen MR) is 91.2 cm³/mol. The van der Waals surface area contributed by atoms with E-state index < -0.39 is 0 Å². The van der Waals surface area contributed by atoms with Crippen molar-refractivity contribution in [2.45, 2.75) is 52.1 Å². The fourth-order valence-electron chi connectivity index (χ4n) is 3.99. The number of aryl methyl sites for hydroxylation is 3. The molecule has 0 aromatic carbocycles. The SMILES string of the molecule is Cc1cc(C)n(CCCC(=O)N2C[C@H](C3CC3)[C@@H](N(C)C)C2)n1. The van der Waals surface area contributed by atoms with Gasteiger partial charge in [0.2, 0.25) is 5.91 Å². The topological polar surface area (TPSA) is 41.4 Å². The summed E-state index contributed by atoms with van der Waals surface area (Å²) in [6, 6.07) is 2.63. The fraction of sp³-hybridized carbons (Fsp3) is 0.778. The summed E-state index contributed by atoms with van der Waals surface area (Å²) in [6.45, 7) is 6.80. The van der Waals surface area contributed by atoms with E-state index in [0.29, 0.717) is 24.3 Å². The molecule has 2 atom stereocenters. The van der Waals surface area contributed by atoms with Crippen LogP contribution in [-0.4, -0.2) is 58.7 Å². The third-order valence-corrected chi connectivity index (χ3v) is 5.44. The Kier molecular flexibility index (Phi) is 4.76. The predicted octanol–water partition coefficient (Wildman–Crippen LogP) is 2.08. The lowest BCUT2D eigenvalue weighted by atomic mass is 9.97. The van der Waals surface area contributed by atoms with Gasteiger partial charge >= 0.3 is 0 Å². The van der Waals surface area contributed by atoms with Crippen LogP contribution in [0.2, 0.25) is 0 Å². The molecule has 0 radical (unpaired) electrons. The Balaban J connectivity index is 1.49. The third-order valence-electron chi connectivity index (χ3n) is 5.44. The van der Waals surface area contributed by atoms with E-state index in [1.807, 2.05) is 11.6 Å². The summed E-state index contributed by atoms with van der Waals surface area (Å²) in [5.74, 6) is 1.86. The molecule has 3 rings (SSSR count). The molecule has 2 fully saturated rings. The second-order valence-electron chi connectivity index (χ2n) is 7.58. The van der Waals surface area contributed by atoms with E-state index in [0.717, 1.165) is 37.7 Å². The Labute approximate surface area is 139 Å². The van der Waals surface area contributed by atoms with Gasteiger partial charge in [0, 0.05) is 37.8 Å². The van der Waals surface area contributed by atoms with Crippen molar-refractivity contribution >= 4 is 5.91 Å². The van der Waals surface area contributed by atoms with Gasteiger partial charge in [0.25, 0.3) is 0 Å². The van der Waals surface area contributed by atoms with Crippen molar-refractivity contribution in [3.63, 3.8) is 0 Å². The Morgan fingerprint density at radius 2 is 2.04 bits per heavy atom. The van der Waals surface area contributed by atoms with Gasteiger partial charge in [-0.15, -0.1) is 0 Å². The molecule has 0 unspecified atom stereocenters. The smallest absolute Gasteiger partial charge is 0.222 e. The molecular formula is C18H30N4O. The van der Waals surface area contributed by atoms with E-state index in [1.165, 1.54) is 18.5 Å². The van der Waals surface area contributed by atoms with Crippen LogP contribution in [0.4, 0.5) is 0 Å². The minimum absolute atomic E-state index is 0.321. The highest BCUT2D eigenvalue weighted by molar-refractivity contribution is 5.76. The quantitative estimate of drug-likeness (QED) is 0.806. The van der Waals surface area contributed by atoms with Crippen molar-refractivity contribution < 1.29 is 4.79 Å². The number of carbonyl (C=O) groups is 1. The number of nitrogens with zero attached hydrogens (tertiary/aromatic N) is 4. The van der Waals surface area contributed by atoms with E-state index >= 15 is 0 Å². The van der Waals surface area contributed by atoms with Crippen LogP contribution < -0.4 is 0 Å². The van der Waals surface area contributed by atoms with E-state index in [-0.39, 0.29) is 0 Å². The maximum atomic E-state index is 12.6. The second-order valence-corrected chi connectivity index (χ2v) is 7.58. The fourth-order valence-corrected chi connectivity index (χ4v) is 3.99. The monoisotopic (exact) mass is 318 g/mol. The number of amides is 1. The molecule has 128 valence electrons. The number of likely N-dealkylation sites (tertiary alicyclic amines) is 1. The van der Waals surface area contributed by atoms with Gasteiger partial charge in [0.1, 0.15) is 0 Å². The maximum Gasteiger partial charge on any atom is 0.222 e. The highest BCUT2D eigenvalue weighted by Crippen LogP contribution is 2.42. The minimum atomic E-state index is 0.321. The van der Waals surface area contributed by atoms with Gasteiger partial charge in [-0.25, -0.2) is 0 Å². The van der Waals surface area contributed by atoms with Crippen LogP contribution in [0.1, 0.15) is 37.1 Å². The van der Waals surface area contributed by atoms with Crippen LogP contribution >= 0.6 is 0 Å². The van der Waals surface area contributed by atoms with E-state index in [2.05, 4.69) is 42.0 Å². The first-order valence-electron chi connectivity index (χ1n) is 8.91. The lowest BCUT2D eigenvalue weighted by molar-refractivity contribution is -0.130. The second kappa shape index (κ2) is 6.63. The van der Waals surface area contributed by atoms with Gasteiger partial charge < -0.3 is 9.80 Å². The Hall–Kier alpha value is -1.36. The molecule has 0 bridgehead atoms. The zero-order valence-corrected chi connectivity index (χ0v) is 15.0. The molecule has 1 amide bonds. The van der Waals surface area contributed by atoms with Crippen molar-refractivity contribution in [2.75, 3.05) is 27.2 Å². The Bertz CT molecular complexity index is 551. The standard InChI is InChI=1S/C18H30N4O/c1-13-10-14(2)22(19-13)9-5-6-18(23)21-11-16(15-7-8-15)17(12-21)20(3)4/h10,15-17H,5-9,11-12H2,1-4H3/t16-,17+/m1/s1. The summed E-state index contributed by atoms with van der Waals surface area (Å²) in [5, 5.41) is 4.47. The highest BCUT2D eigenvalue weighted by Gasteiger charge is 2.44. The zero-order chi connectivity index (χ0) is 16.6. The summed E-state index contributed by atoms with van der Waals surface area (Å²) in [5.41, 5.74) is 2.23. The number of hydrogen-bond acceptors (Lipinski definition) is 3. The van der Waals surface area contributed by atoms with Crippen molar-refractivity contribution in [3.05, 3.63) is 17.5 Å². The third kappa shape index (κ3) is 3.77. The van der Waals surface area contributed by atoms with Crippen molar-refractivity contribution in [1.82, 2.24) is 19.6 Å². The largest absolute Gasteiger partial charge is 0.341 e. The average molecular weight is 318 g/mol. The van der Waals surface area contributed by atoms with Gasteiger partial charge in [0.05, 0.1) is 5.69 Å². The van der Waals surface area contributed by atoms with Crippen LogP contribution in [0.25, 0.3) is 0 Å². The van der Waals surface area contributed by atoms with Crippen LogP contribution in [0.15, 0.2) is 6.07 Å². The maximum absolute atomic E-state index is 12.6. The molecule has 1 saturated heterocycles. The van der Waals surface area contributed by atoms with Crippen molar-refractivity contribution in [3.8, 4) is 0 Å². The molecule has 1 aromatic heterocycles. The Morgan fingerprint density at radius 1 is 1.30 bits per heavy atom. The number of likely N-dealkylation sites (N-methyl/N-ethyl adjacent to an activating group) is 1. The molecular weight excluding hydrogens is 288 g/mol. The molecule has 1 aromatic rings. The molecule has 2 heterocycles. The summed E-state index contributed by atoms with van der Waals surface area (Å²) in [4.78, 5) is 17.0. The number of carbonyl (C=O) groups excluding carboxylic acids is 1. The molecule has 0 N–H and O–H groups in total. The molecule has 1 aliphatic carbocycles. The Morgan fingerprint density at radius 3 is 2.61 bits per heavy atom. The van der Waals surface area contributed by atoms with E-state index in [1.54, 1.807) is 0 Å². The highest BCUT2D eigenvalue weighted by atomic mass is 16.2. The van der Waals surface area contributed by atoms with Crippen LogP contribution in [0.5, 0.6) is 0 Å². The zero-order valence-electron chi connectivity index (χ0n) is 15.0. The minimum Gasteiger partial charge on any atom is -0.341 e. The first-order valence-corrected chi connectivity index (χ1v) is 8.91. The molecule has 5 nitrogen and oxygen atoms in total. The summed E-state index contributed by atoms with van der Waals surface area (Å²) in [7, 11) is 4.30. The van der Waals surface area contributed by atoms with Crippen LogP contribution in [-0.2, 0) is 11.3 Å². The number of aromatic nitrogens is 2. The van der Waals surface area contributed by atoms with Gasteiger partial charge in [-0.05, 0) is 65.1 Å². The average Bonchev–Trinajstić information content (AvgIpc) is 3.14. The molecule has 0 spiro atoms. The van der Waals surface area contributed by atoms with Crippen LogP contribution in [0, 0.1) is 25.7 Å². The summed E-state index contributed by atoms with van der Waals surface area (Å²) < 4.78 is 2.02. The van der Waals surface area contributed by atoms with Crippen molar-refractivity contribution in [1.29, 1.82) is 0 Å². The van der Waals surface area contributed by atoms with Gasteiger partial charge in [0.15, 0.2) is 0 Å².